The van der Waals surface area contributed by atoms with Crippen LogP contribution in [0.15, 0.2) is 39.6 Å². The molecule has 0 radical (unpaired) electrons. The van der Waals surface area contributed by atoms with Crippen molar-refractivity contribution in [3.63, 3.8) is 0 Å². The lowest BCUT2D eigenvalue weighted by Gasteiger charge is -2.08. The lowest BCUT2D eigenvalue weighted by Crippen LogP contribution is -2.16. The zero-order valence-corrected chi connectivity index (χ0v) is 14.5. The van der Waals surface area contributed by atoms with Gasteiger partial charge in [0.05, 0.1) is 5.69 Å². The minimum absolute atomic E-state index is 0.0346. The number of thioether (sulfide) groups is 1. The summed E-state index contributed by atoms with van der Waals surface area (Å²) in [6, 6.07) is 8.36. The van der Waals surface area contributed by atoms with E-state index in [0.29, 0.717) is 22.4 Å². The molecule has 3 rings (SSSR count). The Morgan fingerprint density at radius 2 is 2.09 bits per heavy atom. The van der Waals surface area contributed by atoms with Gasteiger partial charge in [0.1, 0.15) is 0 Å². The van der Waals surface area contributed by atoms with E-state index in [1.165, 1.54) is 15.6 Å². The number of fused-ring (bicyclic) bond motifs is 1. The van der Waals surface area contributed by atoms with Gasteiger partial charge in [-0.05, 0) is 29.3 Å². The van der Waals surface area contributed by atoms with Crippen molar-refractivity contribution in [2.45, 2.75) is 37.6 Å². The van der Waals surface area contributed by atoms with Gasteiger partial charge in [-0.3, -0.25) is 4.79 Å². The second kappa shape index (κ2) is 6.26. The molecule has 0 saturated heterocycles. The van der Waals surface area contributed by atoms with E-state index in [9.17, 15) is 4.79 Å². The van der Waals surface area contributed by atoms with Crippen LogP contribution in [0.1, 0.15) is 30.7 Å². The van der Waals surface area contributed by atoms with Gasteiger partial charge in [-0.25, -0.2) is 4.98 Å². The lowest BCUT2D eigenvalue weighted by molar-refractivity contribution is 0.856. The lowest BCUT2D eigenvalue weighted by atomic mass is 10.1. The highest BCUT2D eigenvalue weighted by Crippen LogP contribution is 2.28. The quantitative estimate of drug-likeness (QED) is 0.570. The van der Waals surface area contributed by atoms with Crippen molar-refractivity contribution in [2.24, 2.45) is 0 Å². The van der Waals surface area contributed by atoms with Gasteiger partial charge < -0.3 is 4.98 Å². The van der Waals surface area contributed by atoms with Crippen LogP contribution < -0.4 is 5.56 Å². The van der Waals surface area contributed by atoms with Crippen molar-refractivity contribution >= 4 is 33.2 Å². The molecule has 0 fully saturated rings. The number of nitrogens with zero attached hydrogens (tertiary/aromatic N) is 1. The van der Waals surface area contributed by atoms with Crippen LogP contribution in [0.2, 0.25) is 0 Å². The fourth-order valence-electron chi connectivity index (χ4n) is 2.36. The highest BCUT2D eigenvalue weighted by Gasteiger charge is 2.12. The maximum absolute atomic E-state index is 12.1. The molecule has 22 heavy (non-hydrogen) atoms. The molecular formula is C17H18N2OS2. The Balaban J connectivity index is 2.01. The fraction of sp³-hybridized carbons (Fsp3) is 0.294. The molecule has 1 aromatic carbocycles. The summed E-state index contributed by atoms with van der Waals surface area (Å²) in [5.74, 6) is 0. The van der Waals surface area contributed by atoms with Crippen LogP contribution in [0.4, 0.5) is 0 Å². The Hall–Kier alpha value is -1.59. The Morgan fingerprint density at radius 1 is 1.32 bits per heavy atom. The van der Waals surface area contributed by atoms with E-state index in [4.69, 9.17) is 0 Å². The second-order valence-electron chi connectivity index (χ2n) is 5.54. The van der Waals surface area contributed by atoms with E-state index < -0.39 is 0 Å². The molecule has 2 aromatic heterocycles. The molecule has 0 aliphatic rings. The monoisotopic (exact) mass is 330 g/mol. The summed E-state index contributed by atoms with van der Waals surface area (Å²) >= 11 is 3.33. The van der Waals surface area contributed by atoms with Crippen molar-refractivity contribution in [3.8, 4) is 0 Å². The van der Waals surface area contributed by atoms with Crippen LogP contribution in [0.5, 0.6) is 0 Å². The number of benzene rings is 1. The molecule has 0 saturated carbocycles. The minimum Gasteiger partial charge on any atom is -0.301 e. The predicted molar refractivity (Wildman–Crippen MR) is 95.2 cm³/mol. The zero-order valence-electron chi connectivity index (χ0n) is 12.8. The molecule has 0 bridgehead atoms. The molecule has 0 amide bonds. The van der Waals surface area contributed by atoms with Crippen LogP contribution in [-0.2, 0) is 6.42 Å². The summed E-state index contributed by atoms with van der Waals surface area (Å²) < 4.78 is 1.27. The molecule has 0 spiro atoms. The van der Waals surface area contributed by atoms with Crippen molar-refractivity contribution in [1.29, 1.82) is 0 Å². The van der Waals surface area contributed by atoms with E-state index in [2.05, 4.69) is 53.5 Å². The molecule has 1 N–H and O–H groups in total. The van der Waals surface area contributed by atoms with E-state index in [-0.39, 0.29) is 5.56 Å². The maximum atomic E-state index is 12.1. The Kier molecular flexibility index (Phi) is 4.36. The van der Waals surface area contributed by atoms with E-state index in [0.717, 1.165) is 5.69 Å². The molecule has 3 nitrogen and oxygen atoms in total. The fourth-order valence-corrected chi connectivity index (χ4v) is 4.08. The Labute approximate surface area is 137 Å². The first-order chi connectivity index (χ1) is 10.5. The second-order valence-corrected chi connectivity index (χ2v) is 8.02. The van der Waals surface area contributed by atoms with Gasteiger partial charge in [0.25, 0.3) is 5.56 Å². The summed E-state index contributed by atoms with van der Waals surface area (Å²) in [4.78, 5) is 19.7. The molecule has 0 aliphatic carbocycles. The third-order valence-electron chi connectivity index (χ3n) is 3.50. The highest BCUT2D eigenvalue weighted by atomic mass is 32.2. The Bertz CT molecular complexity index is 864. The smallest absolute Gasteiger partial charge is 0.254 e. The molecule has 114 valence electrons. The SMILES string of the molecule is Cc1c(Cc2csc3ccccc23)nc(SC(C)C)[nH]c1=O. The molecule has 0 atom stereocenters. The van der Waals surface area contributed by atoms with Crippen molar-refractivity contribution < 1.29 is 0 Å². The summed E-state index contributed by atoms with van der Waals surface area (Å²) in [6.07, 6.45) is 0.700. The van der Waals surface area contributed by atoms with E-state index in [1.807, 2.05) is 6.92 Å². The van der Waals surface area contributed by atoms with Crippen LogP contribution in [-0.4, -0.2) is 15.2 Å². The van der Waals surface area contributed by atoms with Gasteiger partial charge in [-0.2, -0.15) is 0 Å². The number of hydrogen-bond acceptors (Lipinski definition) is 4. The van der Waals surface area contributed by atoms with Crippen molar-refractivity contribution in [2.75, 3.05) is 0 Å². The number of thiophene rings is 1. The summed E-state index contributed by atoms with van der Waals surface area (Å²) in [7, 11) is 0. The zero-order chi connectivity index (χ0) is 15.7. The van der Waals surface area contributed by atoms with Crippen molar-refractivity contribution in [3.05, 3.63) is 56.8 Å². The molecular weight excluding hydrogens is 312 g/mol. The minimum atomic E-state index is -0.0346. The van der Waals surface area contributed by atoms with Crippen LogP contribution in [0, 0.1) is 6.92 Å². The van der Waals surface area contributed by atoms with Crippen LogP contribution >= 0.6 is 23.1 Å². The number of nitrogens with one attached hydrogen (secondary N) is 1. The van der Waals surface area contributed by atoms with Gasteiger partial charge >= 0.3 is 0 Å². The molecule has 2 heterocycles. The average Bonchev–Trinajstić information content (AvgIpc) is 2.87. The largest absolute Gasteiger partial charge is 0.301 e. The van der Waals surface area contributed by atoms with Gasteiger partial charge in [-0.15, -0.1) is 11.3 Å². The summed E-state index contributed by atoms with van der Waals surface area (Å²) in [5.41, 5.74) is 2.79. The predicted octanol–water partition coefficient (Wildman–Crippen LogP) is 4.38. The van der Waals surface area contributed by atoms with Crippen LogP contribution in [0.3, 0.4) is 0 Å². The number of rotatable bonds is 4. The third-order valence-corrected chi connectivity index (χ3v) is 5.40. The number of aromatic nitrogens is 2. The molecule has 5 heteroatoms. The summed E-state index contributed by atoms with van der Waals surface area (Å²) in [6.45, 7) is 6.03. The van der Waals surface area contributed by atoms with Crippen LogP contribution in [0.25, 0.3) is 10.1 Å². The standard InChI is InChI=1S/C17H18N2OS2/c1-10(2)22-17-18-14(11(3)16(20)19-17)8-12-9-21-15-7-5-4-6-13(12)15/h4-7,9-10H,8H2,1-3H3,(H,18,19,20). The molecule has 0 unspecified atom stereocenters. The maximum Gasteiger partial charge on any atom is 0.254 e. The molecule has 0 aliphatic heterocycles. The van der Waals surface area contributed by atoms with Crippen molar-refractivity contribution in [1.82, 2.24) is 9.97 Å². The number of aromatic amines is 1. The summed E-state index contributed by atoms with van der Waals surface area (Å²) in [5, 5.41) is 4.52. The van der Waals surface area contributed by atoms with Gasteiger partial charge in [0.15, 0.2) is 5.16 Å². The van der Waals surface area contributed by atoms with E-state index in [1.54, 1.807) is 23.1 Å². The Morgan fingerprint density at radius 3 is 2.86 bits per heavy atom. The van der Waals surface area contributed by atoms with Gasteiger partial charge in [0, 0.05) is 21.9 Å². The van der Waals surface area contributed by atoms with Gasteiger partial charge in [-0.1, -0.05) is 43.8 Å². The number of hydrogen-bond donors (Lipinski definition) is 1. The first-order valence-corrected chi connectivity index (χ1v) is 9.02. The normalized spacial score (nSPS) is 11.5. The first-order valence-electron chi connectivity index (χ1n) is 7.26. The average molecular weight is 330 g/mol. The first kappa shape index (κ1) is 15.3. The highest BCUT2D eigenvalue weighted by molar-refractivity contribution is 7.99. The molecule has 3 aromatic rings. The van der Waals surface area contributed by atoms with Gasteiger partial charge in [0.2, 0.25) is 0 Å². The number of H-pyrrole nitrogens is 1. The third kappa shape index (κ3) is 3.10. The topological polar surface area (TPSA) is 45.8 Å². The van der Waals surface area contributed by atoms with E-state index >= 15 is 0 Å².